The second-order valence-electron chi connectivity index (χ2n) is 4.15. The number of rotatable bonds is 5. The predicted octanol–water partition coefficient (Wildman–Crippen LogP) is 2.29. The van der Waals surface area contributed by atoms with Crippen LogP contribution in [-0.2, 0) is 6.42 Å². The lowest BCUT2D eigenvalue weighted by Crippen LogP contribution is -2.09. The molecule has 0 aromatic heterocycles. The Morgan fingerprint density at radius 1 is 1.31 bits per heavy atom. The zero-order valence-electron chi connectivity index (χ0n) is 10.5. The molecule has 0 bridgehead atoms. The Hall–Kier alpha value is -1.22. The Bertz CT molecular complexity index is 348. The average Bonchev–Trinajstić information content (AvgIpc) is 2.21. The van der Waals surface area contributed by atoms with Gasteiger partial charge in [-0.25, -0.2) is 0 Å². The maximum atomic E-state index is 5.74. The van der Waals surface area contributed by atoms with Crippen LogP contribution in [0.15, 0.2) is 12.1 Å². The van der Waals surface area contributed by atoms with Crippen LogP contribution in [0.2, 0.25) is 0 Å². The summed E-state index contributed by atoms with van der Waals surface area (Å²) in [6.45, 7) is 6.69. The fourth-order valence-electron chi connectivity index (χ4n) is 1.66. The van der Waals surface area contributed by atoms with Gasteiger partial charge in [0.05, 0.1) is 13.2 Å². The Labute approximate surface area is 97.6 Å². The molecule has 1 aromatic carbocycles. The van der Waals surface area contributed by atoms with Crippen LogP contribution in [0.5, 0.6) is 11.5 Å². The van der Waals surface area contributed by atoms with Gasteiger partial charge in [0.2, 0.25) is 0 Å². The van der Waals surface area contributed by atoms with E-state index in [1.165, 1.54) is 5.56 Å². The fraction of sp³-hybridized carbons (Fsp3) is 0.538. The quantitative estimate of drug-likeness (QED) is 0.833. The van der Waals surface area contributed by atoms with Gasteiger partial charge in [0, 0.05) is 0 Å². The first-order valence-corrected chi connectivity index (χ1v) is 5.62. The van der Waals surface area contributed by atoms with Gasteiger partial charge in [-0.15, -0.1) is 0 Å². The molecule has 1 aromatic rings. The zero-order valence-corrected chi connectivity index (χ0v) is 10.5. The van der Waals surface area contributed by atoms with Gasteiger partial charge in [0.15, 0.2) is 11.5 Å². The van der Waals surface area contributed by atoms with E-state index in [9.17, 15) is 0 Å². The van der Waals surface area contributed by atoms with E-state index in [2.05, 4.69) is 6.07 Å². The van der Waals surface area contributed by atoms with Gasteiger partial charge in [-0.1, -0.05) is 6.07 Å². The largest absolute Gasteiger partial charge is 0.493 e. The summed E-state index contributed by atoms with van der Waals surface area (Å²) in [5.74, 6) is 1.62. The number of benzene rings is 1. The molecule has 0 heterocycles. The average molecular weight is 223 g/mol. The van der Waals surface area contributed by atoms with E-state index in [1.54, 1.807) is 7.11 Å². The molecule has 0 saturated heterocycles. The Balaban J connectivity index is 3.07. The second-order valence-corrected chi connectivity index (χ2v) is 4.15. The SMILES string of the molecule is COc1cc(CCN)cc(C)c1OC(C)C. The Morgan fingerprint density at radius 3 is 2.50 bits per heavy atom. The van der Waals surface area contributed by atoms with Gasteiger partial charge in [-0.2, -0.15) is 0 Å². The van der Waals surface area contributed by atoms with Crippen LogP contribution in [-0.4, -0.2) is 19.8 Å². The third kappa shape index (κ3) is 3.14. The van der Waals surface area contributed by atoms with Crippen molar-refractivity contribution in [3.8, 4) is 11.5 Å². The van der Waals surface area contributed by atoms with Crippen molar-refractivity contribution in [3.05, 3.63) is 23.3 Å². The van der Waals surface area contributed by atoms with Gasteiger partial charge < -0.3 is 15.2 Å². The Morgan fingerprint density at radius 2 is 2.00 bits per heavy atom. The highest BCUT2D eigenvalue weighted by molar-refractivity contribution is 5.49. The number of hydrogen-bond donors (Lipinski definition) is 1. The van der Waals surface area contributed by atoms with Crippen molar-refractivity contribution >= 4 is 0 Å². The molecule has 0 aliphatic rings. The minimum atomic E-state index is 0.146. The first-order chi connectivity index (χ1) is 7.58. The van der Waals surface area contributed by atoms with Crippen molar-refractivity contribution in [2.45, 2.75) is 33.3 Å². The van der Waals surface area contributed by atoms with E-state index >= 15 is 0 Å². The van der Waals surface area contributed by atoms with Crippen molar-refractivity contribution in [3.63, 3.8) is 0 Å². The standard InChI is InChI=1S/C13H21NO2/c1-9(2)16-13-10(3)7-11(5-6-14)8-12(13)15-4/h7-9H,5-6,14H2,1-4H3. The predicted molar refractivity (Wildman–Crippen MR) is 66.3 cm³/mol. The lowest BCUT2D eigenvalue weighted by molar-refractivity contribution is 0.228. The minimum absolute atomic E-state index is 0.146. The molecular weight excluding hydrogens is 202 g/mol. The fourth-order valence-corrected chi connectivity index (χ4v) is 1.66. The summed E-state index contributed by atoms with van der Waals surface area (Å²) in [6.07, 6.45) is 1.01. The molecule has 0 amide bonds. The topological polar surface area (TPSA) is 44.5 Å². The van der Waals surface area contributed by atoms with Crippen molar-refractivity contribution < 1.29 is 9.47 Å². The highest BCUT2D eigenvalue weighted by atomic mass is 16.5. The zero-order chi connectivity index (χ0) is 12.1. The van der Waals surface area contributed by atoms with Crippen LogP contribution in [0.1, 0.15) is 25.0 Å². The van der Waals surface area contributed by atoms with Gasteiger partial charge in [0.1, 0.15) is 0 Å². The summed E-state index contributed by atoms with van der Waals surface area (Å²) < 4.78 is 11.1. The molecule has 1 rings (SSSR count). The first-order valence-electron chi connectivity index (χ1n) is 5.62. The van der Waals surface area contributed by atoms with Crippen LogP contribution in [0, 0.1) is 6.92 Å². The van der Waals surface area contributed by atoms with Crippen LogP contribution < -0.4 is 15.2 Å². The molecule has 0 fully saturated rings. The first kappa shape index (κ1) is 12.8. The highest BCUT2D eigenvalue weighted by Gasteiger charge is 2.11. The van der Waals surface area contributed by atoms with E-state index < -0.39 is 0 Å². The lowest BCUT2D eigenvalue weighted by atomic mass is 10.1. The third-order valence-electron chi connectivity index (χ3n) is 2.31. The molecule has 0 saturated carbocycles. The number of methoxy groups -OCH3 is 1. The number of aryl methyl sites for hydroxylation is 1. The van der Waals surface area contributed by atoms with Crippen molar-refractivity contribution in [1.82, 2.24) is 0 Å². The van der Waals surface area contributed by atoms with E-state index in [-0.39, 0.29) is 6.10 Å². The monoisotopic (exact) mass is 223 g/mol. The lowest BCUT2D eigenvalue weighted by Gasteiger charge is -2.17. The maximum absolute atomic E-state index is 5.74. The summed E-state index contributed by atoms with van der Waals surface area (Å²) in [4.78, 5) is 0. The molecule has 0 radical (unpaired) electrons. The van der Waals surface area contributed by atoms with Crippen molar-refractivity contribution in [2.24, 2.45) is 5.73 Å². The van der Waals surface area contributed by atoms with E-state index in [1.807, 2.05) is 26.8 Å². The third-order valence-corrected chi connectivity index (χ3v) is 2.31. The Kier molecular flexibility index (Phi) is 4.62. The van der Waals surface area contributed by atoms with E-state index in [0.29, 0.717) is 6.54 Å². The molecule has 3 heteroatoms. The summed E-state index contributed by atoms with van der Waals surface area (Å²) in [6, 6.07) is 4.10. The molecule has 0 aliphatic heterocycles. The number of ether oxygens (including phenoxy) is 2. The van der Waals surface area contributed by atoms with Crippen molar-refractivity contribution in [2.75, 3.05) is 13.7 Å². The molecular formula is C13H21NO2. The molecule has 0 unspecified atom stereocenters. The van der Waals surface area contributed by atoms with Gasteiger partial charge >= 0.3 is 0 Å². The second kappa shape index (κ2) is 5.75. The summed E-state index contributed by atoms with van der Waals surface area (Å²) >= 11 is 0. The molecule has 0 atom stereocenters. The summed E-state index contributed by atoms with van der Waals surface area (Å²) in [5, 5.41) is 0. The number of hydrogen-bond acceptors (Lipinski definition) is 3. The van der Waals surface area contributed by atoms with Crippen LogP contribution >= 0.6 is 0 Å². The summed E-state index contributed by atoms with van der Waals surface area (Å²) in [5.41, 5.74) is 7.83. The van der Waals surface area contributed by atoms with Gasteiger partial charge in [-0.3, -0.25) is 0 Å². The normalized spacial score (nSPS) is 10.6. The molecule has 90 valence electrons. The molecule has 3 nitrogen and oxygen atoms in total. The maximum Gasteiger partial charge on any atom is 0.164 e. The van der Waals surface area contributed by atoms with Crippen molar-refractivity contribution in [1.29, 1.82) is 0 Å². The van der Waals surface area contributed by atoms with Gasteiger partial charge in [0.25, 0.3) is 0 Å². The van der Waals surface area contributed by atoms with Gasteiger partial charge in [-0.05, 0) is 50.9 Å². The summed E-state index contributed by atoms with van der Waals surface area (Å²) in [7, 11) is 1.66. The van der Waals surface area contributed by atoms with Crippen LogP contribution in [0.25, 0.3) is 0 Å². The van der Waals surface area contributed by atoms with E-state index in [4.69, 9.17) is 15.2 Å². The number of nitrogens with two attached hydrogens (primary N) is 1. The molecule has 2 N–H and O–H groups in total. The van der Waals surface area contributed by atoms with E-state index in [0.717, 1.165) is 23.5 Å². The smallest absolute Gasteiger partial charge is 0.164 e. The van der Waals surface area contributed by atoms with Crippen LogP contribution in [0.3, 0.4) is 0 Å². The highest BCUT2D eigenvalue weighted by Crippen LogP contribution is 2.33. The molecule has 0 spiro atoms. The molecule has 16 heavy (non-hydrogen) atoms. The van der Waals surface area contributed by atoms with Crippen LogP contribution in [0.4, 0.5) is 0 Å². The minimum Gasteiger partial charge on any atom is -0.493 e. The molecule has 0 aliphatic carbocycles.